The molecule has 2 aromatic rings. The predicted molar refractivity (Wildman–Crippen MR) is 97.5 cm³/mol. The van der Waals surface area contributed by atoms with Crippen LogP contribution in [0.15, 0.2) is 47.4 Å². The lowest BCUT2D eigenvalue weighted by Gasteiger charge is -2.14. The van der Waals surface area contributed by atoms with Crippen molar-refractivity contribution in [2.75, 3.05) is 13.0 Å². The largest absolute Gasteiger partial charge is 0.454 e. The molecule has 0 fully saturated rings. The van der Waals surface area contributed by atoms with Gasteiger partial charge in [-0.05, 0) is 43.0 Å². The van der Waals surface area contributed by atoms with Gasteiger partial charge < -0.3 is 19.5 Å². The molecule has 6 nitrogen and oxygen atoms in total. The SMILES string of the molecule is CSc1ccccc1C(=O)O[C@H](C)C(=O)NCc1ccc2c(c1)OCO2. The standard InChI is InChI=1S/C19H19NO5S/c1-12(25-19(22)14-5-3-4-6-17(14)26-2)18(21)20-10-13-7-8-15-16(9-13)24-11-23-15/h3-9,12H,10-11H2,1-2H3,(H,20,21)/t12-/m1/s1. The van der Waals surface area contributed by atoms with Crippen LogP contribution in [0.2, 0.25) is 0 Å². The first-order valence-electron chi connectivity index (χ1n) is 8.08. The third-order valence-electron chi connectivity index (χ3n) is 3.88. The van der Waals surface area contributed by atoms with Crippen LogP contribution < -0.4 is 14.8 Å². The Bertz CT molecular complexity index is 823. The minimum Gasteiger partial charge on any atom is -0.454 e. The lowest BCUT2D eigenvalue weighted by atomic mass is 10.2. The van der Waals surface area contributed by atoms with Crippen molar-refractivity contribution in [3.63, 3.8) is 0 Å². The molecule has 2 aromatic carbocycles. The summed E-state index contributed by atoms with van der Waals surface area (Å²) in [6.45, 7) is 2.06. The molecule has 0 bridgehead atoms. The van der Waals surface area contributed by atoms with Crippen LogP contribution in [-0.4, -0.2) is 31.0 Å². The Morgan fingerprint density at radius 2 is 1.96 bits per heavy atom. The Morgan fingerprint density at radius 1 is 1.19 bits per heavy atom. The van der Waals surface area contributed by atoms with Gasteiger partial charge in [-0.1, -0.05) is 18.2 Å². The topological polar surface area (TPSA) is 73.9 Å². The molecule has 0 unspecified atom stereocenters. The van der Waals surface area contributed by atoms with Gasteiger partial charge in [0.2, 0.25) is 6.79 Å². The summed E-state index contributed by atoms with van der Waals surface area (Å²) < 4.78 is 15.9. The molecule has 0 radical (unpaired) electrons. The summed E-state index contributed by atoms with van der Waals surface area (Å²) in [5.74, 6) is 0.470. The van der Waals surface area contributed by atoms with E-state index < -0.39 is 12.1 Å². The molecule has 7 heteroatoms. The van der Waals surface area contributed by atoms with E-state index in [9.17, 15) is 9.59 Å². The molecule has 0 aliphatic carbocycles. The van der Waals surface area contributed by atoms with Crippen molar-refractivity contribution in [3.8, 4) is 11.5 Å². The Labute approximate surface area is 155 Å². The average molecular weight is 373 g/mol. The van der Waals surface area contributed by atoms with E-state index in [2.05, 4.69) is 5.32 Å². The van der Waals surface area contributed by atoms with E-state index in [-0.39, 0.29) is 12.7 Å². The van der Waals surface area contributed by atoms with E-state index in [1.165, 1.54) is 11.8 Å². The Morgan fingerprint density at radius 3 is 2.77 bits per heavy atom. The van der Waals surface area contributed by atoms with Crippen LogP contribution in [0.5, 0.6) is 11.5 Å². The van der Waals surface area contributed by atoms with Gasteiger partial charge in [-0.15, -0.1) is 11.8 Å². The zero-order valence-corrected chi connectivity index (χ0v) is 15.3. The lowest BCUT2D eigenvalue weighted by Crippen LogP contribution is -2.35. The smallest absolute Gasteiger partial charge is 0.340 e. The number of thioether (sulfide) groups is 1. The van der Waals surface area contributed by atoms with Crippen molar-refractivity contribution in [3.05, 3.63) is 53.6 Å². The number of hydrogen-bond donors (Lipinski definition) is 1. The Hall–Kier alpha value is -2.67. The van der Waals surface area contributed by atoms with Crippen molar-refractivity contribution in [2.24, 2.45) is 0 Å². The van der Waals surface area contributed by atoms with E-state index in [4.69, 9.17) is 14.2 Å². The molecule has 0 saturated heterocycles. The van der Waals surface area contributed by atoms with Gasteiger partial charge in [-0.3, -0.25) is 4.79 Å². The molecule has 26 heavy (non-hydrogen) atoms. The van der Waals surface area contributed by atoms with Gasteiger partial charge in [0.1, 0.15) is 0 Å². The molecule has 1 N–H and O–H groups in total. The maximum absolute atomic E-state index is 12.3. The monoisotopic (exact) mass is 373 g/mol. The number of rotatable bonds is 6. The number of benzene rings is 2. The average Bonchev–Trinajstić information content (AvgIpc) is 3.13. The first kappa shape index (κ1) is 18.1. The number of carbonyl (C=O) groups excluding carboxylic acids is 2. The number of carbonyl (C=O) groups is 2. The maximum atomic E-state index is 12.3. The number of amides is 1. The highest BCUT2D eigenvalue weighted by Gasteiger charge is 2.21. The first-order chi connectivity index (χ1) is 12.6. The molecule has 3 rings (SSSR count). The Balaban J connectivity index is 1.55. The predicted octanol–water partition coefficient (Wildman–Crippen LogP) is 3.00. The third kappa shape index (κ3) is 4.11. The van der Waals surface area contributed by atoms with Crippen LogP contribution >= 0.6 is 11.8 Å². The summed E-state index contributed by atoms with van der Waals surface area (Å²) in [4.78, 5) is 25.3. The molecule has 0 spiro atoms. The van der Waals surface area contributed by atoms with Crippen LogP contribution in [0, 0.1) is 0 Å². The van der Waals surface area contributed by atoms with Crippen LogP contribution in [0.3, 0.4) is 0 Å². The van der Waals surface area contributed by atoms with Crippen LogP contribution in [0.1, 0.15) is 22.8 Å². The summed E-state index contributed by atoms with van der Waals surface area (Å²) in [5, 5.41) is 2.76. The van der Waals surface area contributed by atoms with E-state index in [0.717, 1.165) is 10.5 Å². The third-order valence-corrected chi connectivity index (χ3v) is 4.68. The van der Waals surface area contributed by atoms with Crippen molar-refractivity contribution in [1.29, 1.82) is 0 Å². The Kier molecular flexibility index (Phi) is 5.68. The van der Waals surface area contributed by atoms with Crippen molar-refractivity contribution >= 4 is 23.6 Å². The molecule has 136 valence electrons. The van der Waals surface area contributed by atoms with Gasteiger partial charge in [-0.2, -0.15) is 0 Å². The van der Waals surface area contributed by atoms with Crippen molar-refractivity contribution < 1.29 is 23.8 Å². The second-order valence-corrected chi connectivity index (χ2v) is 6.50. The second kappa shape index (κ2) is 8.14. The summed E-state index contributed by atoms with van der Waals surface area (Å²) in [7, 11) is 0. The van der Waals surface area contributed by atoms with Gasteiger partial charge >= 0.3 is 5.97 Å². The number of hydrogen-bond acceptors (Lipinski definition) is 6. The summed E-state index contributed by atoms with van der Waals surface area (Å²) in [6.07, 6.45) is 0.986. The van der Waals surface area contributed by atoms with E-state index in [1.54, 1.807) is 25.1 Å². The lowest BCUT2D eigenvalue weighted by molar-refractivity contribution is -0.129. The minimum absolute atomic E-state index is 0.204. The molecule has 1 aliphatic heterocycles. The molecule has 1 aliphatic rings. The molecule has 0 saturated carbocycles. The number of esters is 1. The highest BCUT2D eigenvalue weighted by molar-refractivity contribution is 7.98. The first-order valence-corrected chi connectivity index (χ1v) is 9.31. The molecule has 1 heterocycles. The zero-order valence-electron chi connectivity index (χ0n) is 14.5. The highest BCUT2D eigenvalue weighted by atomic mass is 32.2. The number of fused-ring (bicyclic) bond motifs is 1. The van der Waals surface area contributed by atoms with E-state index in [1.807, 2.05) is 30.5 Å². The number of ether oxygens (including phenoxy) is 3. The molecule has 1 amide bonds. The van der Waals surface area contributed by atoms with Crippen molar-refractivity contribution in [1.82, 2.24) is 5.32 Å². The zero-order chi connectivity index (χ0) is 18.5. The molecular formula is C19H19NO5S. The fourth-order valence-corrected chi connectivity index (χ4v) is 3.06. The van der Waals surface area contributed by atoms with Gasteiger partial charge in [0.15, 0.2) is 17.6 Å². The molecule has 1 atom stereocenters. The molecular weight excluding hydrogens is 354 g/mol. The summed E-state index contributed by atoms with van der Waals surface area (Å²) >= 11 is 1.45. The fraction of sp³-hybridized carbons (Fsp3) is 0.263. The van der Waals surface area contributed by atoms with Crippen LogP contribution in [0.4, 0.5) is 0 Å². The number of nitrogens with one attached hydrogen (secondary N) is 1. The minimum atomic E-state index is -0.897. The van der Waals surface area contributed by atoms with Crippen LogP contribution in [-0.2, 0) is 16.1 Å². The fourth-order valence-electron chi connectivity index (χ4n) is 2.47. The van der Waals surface area contributed by atoms with E-state index >= 15 is 0 Å². The van der Waals surface area contributed by atoms with Gasteiger partial charge in [0.05, 0.1) is 5.56 Å². The summed E-state index contributed by atoms with van der Waals surface area (Å²) in [5.41, 5.74) is 1.32. The summed E-state index contributed by atoms with van der Waals surface area (Å²) in [6, 6.07) is 12.6. The van der Waals surface area contributed by atoms with Crippen LogP contribution in [0.25, 0.3) is 0 Å². The van der Waals surface area contributed by atoms with Gasteiger partial charge in [-0.25, -0.2) is 4.79 Å². The van der Waals surface area contributed by atoms with Gasteiger partial charge in [0, 0.05) is 11.4 Å². The highest BCUT2D eigenvalue weighted by Crippen LogP contribution is 2.32. The maximum Gasteiger partial charge on any atom is 0.340 e. The second-order valence-electron chi connectivity index (χ2n) is 5.65. The normalized spacial score (nSPS) is 13.2. The quantitative estimate of drug-likeness (QED) is 0.620. The van der Waals surface area contributed by atoms with E-state index in [0.29, 0.717) is 23.6 Å². The molecule has 0 aromatic heterocycles. The van der Waals surface area contributed by atoms with Gasteiger partial charge in [0.25, 0.3) is 5.91 Å². The van der Waals surface area contributed by atoms with Crippen molar-refractivity contribution in [2.45, 2.75) is 24.5 Å².